The number of rotatable bonds is 5. The molecule has 0 radical (unpaired) electrons. The number of amides is 2. The standard InChI is InChI=1S/C17H20ClFN2O2/c1-3-17(23)21(4-2)10-16(22)20-15-7-5-6-12-13(15)8-11(18)9-14(12)19/h3,8-9,15H,1,4-7,10H2,2H3,(H,20,22). The summed E-state index contributed by atoms with van der Waals surface area (Å²) in [5.74, 6) is -0.899. The molecule has 124 valence electrons. The number of fused-ring (bicyclic) bond motifs is 1. The molecule has 0 fully saturated rings. The van der Waals surface area contributed by atoms with Crippen LogP contribution in [0.3, 0.4) is 0 Å². The highest BCUT2D eigenvalue weighted by molar-refractivity contribution is 6.30. The summed E-state index contributed by atoms with van der Waals surface area (Å²) in [6, 6.07) is 2.72. The van der Waals surface area contributed by atoms with Gasteiger partial charge in [-0.2, -0.15) is 0 Å². The second-order valence-electron chi connectivity index (χ2n) is 5.52. The van der Waals surface area contributed by atoms with Gasteiger partial charge in [0, 0.05) is 11.6 Å². The first-order chi connectivity index (χ1) is 11.0. The van der Waals surface area contributed by atoms with E-state index in [1.54, 1.807) is 13.0 Å². The highest BCUT2D eigenvalue weighted by Gasteiger charge is 2.25. The van der Waals surface area contributed by atoms with Crippen molar-refractivity contribution in [2.45, 2.75) is 32.2 Å². The third-order valence-electron chi connectivity index (χ3n) is 4.03. The maximum Gasteiger partial charge on any atom is 0.246 e. The van der Waals surface area contributed by atoms with Crippen LogP contribution in [0.15, 0.2) is 24.8 Å². The molecule has 6 heteroatoms. The van der Waals surface area contributed by atoms with E-state index in [4.69, 9.17) is 11.6 Å². The Morgan fingerprint density at radius 2 is 2.26 bits per heavy atom. The van der Waals surface area contributed by atoms with Crippen LogP contribution in [0.2, 0.25) is 5.02 Å². The summed E-state index contributed by atoms with van der Waals surface area (Å²) in [5, 5.41) is 3.20. The molecule has 1 atom stereocenters. The Bertz CT molecular complexity index is 633. The van der Waals surface area contributed by atoms with Crippen LogP contribution in [0, 0.1) is 5.82 Å². The Kier molecular flexibility index (Phi) is 5.77. The first-order valence-corrected chi connectivity index (χ1v) is 8.02. The molecular weight excluding hydrogens is 319 g/mol. The second kappa shape index (κ2) is 7.59. The van der Waals surface area contributed by atoms with Gasteiger partial charge in [-0.1, -0.05) is 18.2 Å². The van der Waals surface area contributed by atoms with Crippen LogP contribution in [0.1, 0.15) is 36.9 Å². The van der Waals surface area contributed by atoms with Gasteiger partial charge in [-0.15, -0.1) is 0 Å². The first-order valence-electron chi connectivity index (χ1n) is 7.64. The van der Waals surface area contributed by atoms with Crippen molar-refractivity contribution in [3.63, 3.8) is 0 Å². The van der Waals surface area contributed by atoms with Crippen molar-refractivity contribution in [1.29, 1.82) is 0 Å². The van der Waals surface area contributed by atoms with Gasteiger partial charge in [-0.05, 0) is 55.5 Å². The average molecular weight is 339 g/mol. The monoisotopic (exact) mass is 338 g/mol. The zero-order valence-corrected chi connectivity index (χ0v) is 13.8. The summed E-state index contributed by atoms with van der Waals surface area (Å²) in [7, 11) is 0. The molecule has 0 heterocycles. The summed E-state index contributed by atoms with van der Waals surface area (Å²) in [6.45, 7) is 5.58. The Labute approximate surface area is 140 Å². The number of halogens is 2. The molecule has 1 N–H and O–H groups in total. The number of hydrogen-bond acceptors (Lipinski definition) is 2. The number of carbonyl (C=O) groups excluding carboxylic acids is 2. The maximum atomic E-state index is 14.0. The molecule has 1 aromatic rings. The normalized spacial score (nSPS) is 16.4. The number of likely N-dealkylation sites (N-methyl/N-ethyl adjacent to an activating group) is 1. The minimum absolute atomic E-state index is 0.0454. The van der Waals surface area contributed by atoms with Crippen LogP contribution in [-0.2, 0) is 16.0 Å². The summed E-state index contributed by atoms with van der Waals surface area (Å²) >= 11 is 5.93. The largest absolute Gasteiger partial charge is 0.348 e. The van der Waals surface area contributed by atoms with E-state index in [-0.39, 0.29) is 30.2 Å². The Morgan fingerprint density at radius 1 is 1.52 bits per heavy atom. The SMILES string of the molecule is C=CC(=O)N(CC)CC(=O)NC1CCCc2c(F)cc(Cl)cc21. The fourth-order valence-corrected chi connectivity index (χ4v) is 3.09. The molecule has 1 aliphatic rings. The average Bonchev–Trinajstić information content (AvgIpc) is 2.52. The van der Waals surface area contributed by atoms with Gasteiger partial charge < -0.3 is 10.2 Å². The highest BCUT2D eigenvalue weighted by Crippen LogP contribution is 2.33. The molecule has 0 aromatic heterocycles. The van der Waals surface area contributed by atoms with Crippen molar-refractivity contribution < 1.29 is 14.0 Å². The zero-order chi connectivity index (χ0) is 17.0. The number of benzene rings is 1. The lowest BCUT2D eigenvalue weighted by Crippen LogP contribution is -2.41. The van der Waals surface area contributed by atoms with E-state index in [1.807, 2.05) is 0 Å². The molecule has 0 saturated heterocycles. The number of hydrogen-bond donors (Lipinski definition) is 1. The second-order valence-corrected chi connectivity index (χ2v) is 5.96. The predicted octanol–water partition coefficient (Wildman–Crippen LogP) is 3.01. The van der Waals surface area contributed by atoms with Crippen molar-refractivity contribution in [1.82, 2.24) is 10.2 Å². The minimum atomic E-state index is -0.330. The van der Waals surface area contributed by atoms with Crippen LogP contribution in [-0.4, -0.2) is 29.8 Å². The van der Waals surface area contributed by atoms with E-state index in [0.29, 0.717) is 23.6 Å². The molecular formula is C17H20ClFN2O2. The molecule has 23 heavy (non-hydrogen) atoms. The molecule has 1 aromatic carbocycles. The summed E-state index contributed by atoms with van der Waals surface area (Å²) < 4.78 is 14.0. The van der Waals surface area contributed by atoms with Crippen molar-refractivity contribution in [3.8, 4) is 0 Å². The van der Waals surface area contributed by atoms with E-state index in [0.717, 1.165) is 18.4 Å². The third-order valence-corrected chi connectivity index (χ3v) is 4.25. The van der Waals surface area contributed by atoms with E-state index < -0.39 is 0 Å². The molecule has 4 nitrogen and oxygen atoms in total. The smallest absolute Gasteiger partial charge is 0.246 e. The molecule has 0 spiro atoms. The topological polar surface area (TPSA) is 49.4 Å². The van der Waals surface area contributed by atoms with E-state index in [1.165, 1.54) is 17.0 Å². The fourth-order valence-electron chi connectivity index (χ4n) is 2.87. The van der Waals surface area contributed by atoms with Crippen LogP contribution >= 0.6 is 11.6 Å². The van der Waals surface area contributed by atoms with Gasteiger partial charge >= 0.3 is 0 Å². The van der Waals surface area contributed by atoms with Crippen molar-refractivity contribution in [2.24, 2.45) is 0 Å². The molecule has 0 bridgehead atoms. The van der Waals surface area contributed by atoms with Crippen molar-refractivity contribution in [2.75, 3.05) is 13.1 Å². The van der Waals surface area contributed by atoms with Gasteiger partial charge in [-0.3, -0.25) is 9.59 Å². The lowest BCUT2D eigenvalue weighted by atomic mass is 9.87. The van der Waals surface area contributed by atoms with Gasteiger partial charge in [0.15, 0.2) is 0 Å². The molecule has 2 rings (SSSR count). The number of nitrogens with zero attached hydrogens (tertiary/aromatic N) is 1. The Hall–Kier alpha value is -1.88. The van der Waals surface area contributed by atoms with Crippen molar-refractivity contribution >= 4 is 23.4 Å². The van der Waals surface area contributed by atoms with E-state index in [9.17, 15) is 14.0 Å². The van der Waals surface area contributed by atoms with Gasteiger partial charge in [-0.25, -0.2) is 4.39 Å². The molecule has 0 saturated carbocycles. The summed E-state index contributed by atoms with van der Waals surface area (Å²) in [6.07, 6.45) is 3.34. The van der Waals surface area contributed by atoms with Gasteiger partial charge in [0.25, 0.3) is 0 Å². The molecule has 0 aliphatic heterocycles. The Balaban J connectivity index is 2.11. The highest BCUT2D eigenvalue weighted by atomic mass is 35.5. The van der Waals surface area contributed by atoms with Gasteiger partial charge in [0.05, 0.1) is 12.6 Å². The summed E-state index contributed by atoms with van der Waals surface area (Å²) in [5.41, 5.74) is 1.34. The third kappa shape index (κ3) is 4.10. The van der Waals surface area contributed by atoms with Gasteiger partial charge in [0.2, 0.25) is 11.8 Å². The van der Waals surface area contributed by atoms with E-state index in [2.05, 4.69) is 11.9 Å². The van der Waals surface area contributed by atoms with Crippen LogP contribution in [0.4, 0.5) is 4.39 Å². The Morgan fingerprint density at radius 3 is 2.91 bits per heavy atom. The lowest BCUT2D eigenvalue weighted by molar-refractivity contribution is -0.132. The molecule has 2 amide bonds. The minimum Gasteiger partial charge on any atom is -0.348 e. The van der Waals surface area contributed by atoms with Gasteiger partial charge in [0.1, 0.15) is 5.82 Å². The zero-order valence-electron chi connectivity index (χ0n) is 13.1. The van der Waals surface area contributed by atoms with Crippen LogP contribution in [0.5, 0.6) is 0 Å². The quantitative estimate of drug-likeness (QED) is 0.839. The molecule has 1 unspecified atom stereocenters. The predicted molar refractivity (Wildman–Crippen MR) is 87.7 cm³/mol. The summed E-state index contributed by atoms with van der Waals surface area (Å²) in [4.78, 5) is 25.2. The fraction of sp³-hybridized carbons (Fsp3) is 0.412. The van der Waals surface area contributed by atoms with E-state index >= 15 is 0 Å². The van der Waals surface area contributed by atoms with Crippen LogP contribution in [0.25, 0.3) is 0 Å². The lowest BCUT2D eigenvalue weighted by Gasteiger charge is -2.28. The van der Waals surface area contributed by atoms with Crippen LogP contribution < -0.4 is 5.32 Å². The van der Waals surface area contributed by atoms with Crippen molar-refractivity contribution in [3.05, 3.63) is 46.8 Å². The first kappa shape index (κ1) is 17.5. The number of carbonyl (C=O) groups is 2. The maximum absolute atomic E-state index is 14.0. The number of nitrogens with one attached hydrogen (secondary N) is 1. The molecule has 1 aliphatic carbocycles.